The van der Waals surface area contributed by atoms with Gasteiger partial charge in [0.1, 0.15) is 12.6 Å². The molecule has 128 valence electrons. The van der Waals surface area contributed by atoms with E-state index in [0.29, 0.717) is 0 Å². The van der Waals surface area contributed by atoms with Crippen molar-refractivity contribution in [2.24, 2.45) is 0 Å². The zero-order valence-electron chi connectivity index (χ0n) is 12.3. The van der Waals surface area contributed by atoms with E-state index >= 15 is 0 Å². The van der Waals surface area contributed by atoms with E-state index in [1.807, 2.05) is 0 Å². The first-order valence-corrected chi connectivity index (χ1v) is 8.84. The van der Waals surface area contributed by atoms with E-state index in [4.69, 9.17) is 16.9 Å². The molecular weight excluding hydrogens is 358 g/mol. The third kappa shape index (κ3) is 3.44. The Hall–Kier alpha value is -2.31. The molecule has 1 saturated heterocycles. The second kappa shape index (κ2) is 7.07. The molecule has 2 amide bonds. The number of carbonyl (C=O) groups is 2. The molecule has 0 aliphatic carbocycles. The van der Waals surface area contributed by atoms with Crippen molar-refractivity contribution in [1.29, 1.82) is 5.26 Å². The van der Waals surface area contributed by atoms with Crippen LogP contribution in [0, 0.1) is 11.3 Å². The topological polar surface area (TPSA) is 128 Å². The molecule has 1 fully saturated rings. The highest BCUT2D eigenvalue weighted by Gasteiger charge is 2.45. The van der Waals surface area contributed by atoms with Gasteiger partial charge in [0, 0.05) is 6.54 Å². The number of hydrogen-bond acceptors (Lipinski definition) is 5. The van der Waals surface area contributed by atoms with Gasteiger partial charge in [-0.3, -0.25) is 9.69 Å². The van der Waals surface area contributed by atoms with Crippen LogP contribution in [-0.4, -0.2) is 54.8 Å². The number of nitrogens with zero attached hydrogens (tertiary/aromatic N) is 2. The zero-order valence-corrected chi connectivity index (χ0v) is 13.9. The third-order valence-electron chi connectivity index (χ3n) is 3.73. The molecule has 2 rings (SSSR count). The molecule has 0 unspecified atom stereocenters. The Morgan fingerprint density at radius 1 is 1.42 bits per heavy atom. The van der Waals surface area contributed by atoms with Crippen molar-refractivity contribution in [3.63, 3.8) is 0 Å². The summed E-state index contributed by atoms with van der Waals surface area (Å²) < 4.78 is 25.4. The minimum Gasteiger partial charge on any atom is -0.465 e. The molecule has 0 radical (unpaired) electrons. The van der Waals surface area contributed by atoms with Gasteiger partial charge in [0.15, 0.2) is 9.84 Å². The van der Waals surface area contributed by atoms with E-state index in [9.17, 15) is 23.1 Å². The number of sulfone groups is 1. The molecular formula is C14H14ClN3O5S. The Balaban J connectivity index is 2.30. The van der Waals surface area contributed by atoms with Crippen LogP contribution in [-0.2, 0) is 14.6 Å². The van der Waals surface area contributed by atoms with Crippen molar-refractivity contribution in [3.8, 4) is 6.07 Å². The average Bonchev–Trinajstić information content (AvgIpc) is 2.99. The lowest BCUT2D eigenvalue weighted by Gasteiger charge is -2.19. The highest BCUT2D eigenvalue weighted by atomic mass is 35.5. The van der Waals surface area contributed by atoms with Gasteiger partial charge < -0.3 is 10.4 Å². The first-order valence-electron chi connectivity index (χ1n) is 6.91. The SMILES string of the molecule is N#CCNC(=O)[C@@H]1C[C@@H](S(=O)(=O)c2ccccc2Cl)CN1C(=O)O. The van der Waals surface area contributed by atoms with Crippen LogP contribution >= 0.6 is 11.6 Å². The maximum Gasteiger partial charge on any atom is 0.408 e. The van der Waals surface area contributed by atoms with Crippen molar-refractivity contribution in [3.05, 3.63) is 29.3 Å². The lowest BCUT2D eigenvalue weighted by atomic mass is 10.2. The van der Waals surface area contributed by atoms with Crippen molar-refractivity contribution in [2.45, 2.75) is 22.6 Å². The van der Waals surface area contributed by atoms with Crippen molar-refractivity contribution < 1.29 is 23.1 Å². The number of nitriles is 1. The normalized spacial score (nSPS) is 20.4. The summed E-state index contributed by atoms with van der Waals surface area (Å²) in [7, 11) is -3.90. The average molecular weight is 372 g/mol. The van der Waals surface area contributed by atoms with Gasteiger partial charge in [-0.25, -0.2) is 13.2 Å². The molecule has 1 aromatic rings. The fraction of sp³-hybridized carbons (Fsp3) is 0.357. The van der Waals surface area contributed by atoms with Crippen LogP contribution in [0.4, 0.5) is 4.79 Å². The summed E-state index contributed by atoms with van der Waals surface area (Å²) in [5.74, 6) is -0.698. The number of amides is 2. The monoisotopic (exact) mass is 371 g/mol. The van der Waals surface area contributed by atoms with Crippen LogP contribution < -0.4 is 5.32 Å². The summed E-state index contributed by atoms with van der Waals surface area (Å²) in [5.41, 5.74) is 0. The highest BCUT2D eigenvalue weighted by Crippen LogP contribution is 2.31. The van der Waals surface area contributed by atoms with E-state index in [-0.39, 0.29) is 29.4 Å². The maximum atomic E-state index is 12.7. The summed E-state index contributed by atoms with van der Waals surface area (Å²) in [5, 5.41) is 18.9. The fourth-order valence-corrected chi connectivity index (χ4v) is 4.80. The third-order valence-corrected chi connectivity index (χ3v) is 6.36. The second-order valence-electron chi connectivity index (χ2n) is 5.16. The number of halogens is 1. The Bertz CT molecular complexity index is 805. The van der Waals surface area contributed by atoms with E-state index in [1.54, 1.807) is 12.1 Å². The van der Waals surface area contributed by atoms with Crippen molar-refractivity contribution in [1.82, 2.24) is 10.2 Å². The first kappa shape index (κ1) is 18.0. The molecule has 1 aliphatic heterocycles. The lowest BCUT2D eigenvalue weighted by molar-refractivity contribution is -0.124. The zero-order chi connectivity index (χ0) is 17.9. The van der Waals surface area contributed by atoms with Gasteiger partial charge in [-0.15, -0.1) is 0 Å². The van der Waals surface area contributed by atoms with Crippen molar-refractivity contribution >= 4 is 33.4 Å². The molecule has 0 aromatic heterocycles. The molecule has 2 N–H and O–H groups in total. The van der Waals surface area contributed by atoms with Crippen LogP contribution in [0.2, 0.25) is 5.02 Å². The molecule has 1 aromatic carbocycles. The predicted molar refractivity (Wildman–Crippen MR) is 84.2 cm³/mol. The number of rotatable bonds is 4. The smallest absolute Gasteiger partial charge is 0.408 e. The van der Waals surface area contributed by atoms with Gasteiger partial charge in [-0.05, 0) is 18.6 Å². The number of nitrogens with one attached hydrogen (secondary N) is 1. The van der Waals surface area contributed by atoms with Crippen LogP contribution in [0.5, 0.6) is 0 Å². The van der Waals surface area contributed by atoms with Gasteiger partial charge >= 0.3 is 6.09 Å². The van der Waals surface area contributed by atoms with Crippen LogP contribution in [0.3, 0.4) is 0 Å². The van der Waals surface area contributed by atoms with Gasteiger partial charge in [-0.2, -0.15) is 5.26 Å². The minimum atomic E-state index is -3.90. The molecule has 24 heavy (non-hydrogen) atoms. The molecule has 10 heteroatoms. The van der Waals surface area contributed by atoms with E-state index in [2.05, 4.69) is 5.32 Å². The standard InChI is InChI=1S/C14H14ClN3O5S/c15-10-3-1-2-4-12(10)24(22,23)9-7-11(13(19)17-6-5-16)18(8-9)14(20)21/h1-4,9,11H,6-8H2,(H,17,19)(H,20,21)/t9-,11+/m1/s1. The Labute approximate surface area is 143 Å². The summed E-state index contributed by atoms with van der Waals surface area (Å²) in [6.45, 7) is -0.627. The minimum absolute atomic E-state index is 0.0387. The number of carboxylic acid groups (broad SMARTS) is 1. The molecule has 1 aliphatic rings. The highest BCUT2D eigenvalue weighted by molar-refractivity contribution is 7.92. The molecule has 8 nitrogen and oxygen atoms in total. The number of likely N-dealkylation sites (tertiary alicyclic amines) is 1. The van der Waals surface area contributed by atoms with E-state index < -0.39 is 33.1 Å². The Morgan fingerprint density at radius 2 is 2.08 bits per heavy atom. The largest absolute Gasteiger partial charge is 0.465 e. The van der Waals surface area contributed by atoms with Gasteiger partial charge in [0.05, 0.1) is 21.2 Å². The molecule has 1 heterocycles. The summed E-state index contributed by atoms with van der Waals surface area (Å²) in [6.07, 6.45) is -1.60. The van der Waals surface area contributed by atoms with Crippen LogP contribution in [0.25, 0.3) is 0 Å². The van der Waals surface area contributed by atoms with E-state index in [1.165, 1.54) is 18.2 Å². The first-order chi connectivity index (χ1) is 11.3. The summed E-state index contributed by atoms with van der Waals surface area (Å²) in [6, 6.07) is 6.40. The van der Waals surface area contributed by atoms with E-state index in [0.717, 1.165) is 4.90 Å². The number of benzene rings is 1. The number of carbonyl (C=O) groups excluding carboxylic acids is 1. The second-order valence-corrected chi connectivity index (χ2v) is 7.76. The molecule has 0 bridgehead atoms. The molecule has 0 spiro atoms. The van der Waals surface area contributed by atoms with Crippen LogP contribution in [0.15, 0.2) is 29.2 Å². The Morgan fingerprint density at radius 3 is 2.67 bits per heavy atom. The molecule has 0 saturated carbocycles. The van der Waals surface area contributed by atoms with Gasteiger partial charge in [-0.1, -0.05) is 23.7 Å². The summed E-state index contributed by atoms with van der Waals surface area (Å²) in [4.78, 5) is 24.0. The maximum absolute atomic E-state index is 12.7. The molecule has 2 atom stereocenters. The van der Waals surface area contributed by atoms with Crippen LogP contribution in [0.1, 0.15) is 6.42 Å². The van der Waals surface area contributed by atoms with Gasteiger partial charge in [0.25, 0.3) is 0 Å². The quantitative estimate of drug-likeness (QED) is 0.756. The summed E-state index contributed by atoms with van der Waals surface area (Å²) >= 11 is 5.93. The van der Waals surface area contributed by atoms with Crippen molar-refractivity contribution in [2.75, 3.05) is 13.1 Å². The predicted octanol–water partition coefficient (Wildman–Crippen LogP) is 0.874. The fourth-order valence-electron chi connectivity index (χ4n) is 2.58. The number of hydrogen-bond donors (Lipinski definition) is 2. The lowest BCUT2D eigenvalue weighted by Crippen LogP contribution is -2.45. The van der Waals surface area contributed by atoms with Gasteiger partial charge in [0.2, 0.25) is 5.91 Å². The Kier molecular flexibility index (Phi) is 5.31.